The van der Waals surface area contributed by atoms with Crippen LogP contribution >= 0.6 is 0 Å². The number of aliphatic imine (C=N–C) groups is 1. The fourth-order valence-corrected chi connectivity index (χ4v) is 4.45. The van der Waals surface area contributed by atoms with Crippen molar-refractivity contribution < 1.29 is 0 Å². The van der Waals surface area contributed by atoms with E-state index in [0.29, 0.717) is 0 Å². The standard InChI is InChI=1S/C23H28N6/c1-2-12-29-21-9-4-3-7-19(21)26-22(29)16-28-13-10-18-17(15-28)14-25-23(27-18)20-8-5-6-11-24-20/h3-4,7,9,14H,2,5-6,8,10-13,15-16H2,1H3. The first-order valence-electron chi connectivity index (χ1n) is 10.9. The molecule has 0 N–H and O–H groups in total. The van der Waals surface area contributed by atoms with E-state index in [4.69, 9.17) is 9.97 Å². The molecule has 150 valence electrons. The predicted molar refractivity (Wildman–Crippen MR) is 115 cm³/mol. The quantitative estimate of drug-likeness (QED) is 0.668. The van der Waals surface area contributed by atoms with Gasteiger partial charge < -0.3 is 4.57 Å². The van der Waals surface area contributed by atoms with Crippen molar-refractivity contribution in [2.75, 3.05) is 13.1 Å². The molecular formula is C23H28N6. The summed E-state index contributed by atoms with van der Waals surface area (Å²) in [5.74, 6) is 2.01. The third-order valence-corrected chi connectivity index (χ3v) is 5.94. The van der Waals surface area contributed by atoms with Gasteiger partial charge in [0.05, 0.1) is 29.0 Å². The molecule has 2 aliphatic rings. The van der Waals surface area contributed by atoms with Gasteiger partial charge in [-0.05, 0) is 37.8 Å². The molecule has 4 heterocycles. The van der Waals surface area contributed by atoms with Gasteiger partial charge in [0, 0.05) is 44.4 Å². The van der Waals surface area contributed by atoms with E-state index in [1.165, 1.54) is 29.6 Å². The monoisotopic (exact) mass is 388 g/mol. The summed E-state index contributed by atoms with van der Waals surface area (Å²) in [7, 11) is 0. The van der Waals surface area contributed by atoms with Crippen LogP contribution in [0.15, 0.2) is 35.5 Å². The van der Waals surface area contributed by atoms with Crippen molar-refractivity contribution in [2.45, 2.75) is 58.7 Å². The van der Waals surface area contributed by atoms with Gasteiger partial charge in [-0.1, -0.05) is 19.1 Å². The van der Waals surface area contributed by atoms with Crippen molar-refractivity contribution in [1.82, 2.24) is 24.4 Å². The molecule has 0 saturated carbocycles. The summed E-state index contributed by atoms with van der Waals surface area (Å²) in [4.78, 5) is 21.6. The lowest BCUT2D eigenvalue weighted by molar-refractivity contribution is 0.233. The average molecular weight is 389 g/mol. The number of fused-ring (bicyclic) bond motifs is 2. The number of imidazole rings is 1. The summed E-state index contributed by atoms with van der Waals surface area (Å²) in [6.07, 6.45) is 7.50. The molecular weight excluding hydrogens is 360 g/mol. The molecule has 29 heavy (non-hydrogen) atoms. The van der Waals surface area contributed by atoms with Gasteiger partial charge in [-0.3, -0.25) is 9.89 Å². The largest absolute Gasteiger partial charge is 0.327 e. The van der Waals surface area contributed by atoms with Gasteiger partial charge in [0.15, 0.2) is 5.82 Å². The van der Waals surface area contributed by atoms with E-state index in [1.807, 2.05) is 6.20 Å². The Labute approximate surface area is 171 Å². The summed E-state index contributed by atoms with van der Waals surface area (Å²) in [5, 5.41) is 0. The Morgan fingerprint density at radius 1 is 1.07 bits per heavy atom. The Morgan fingerprint density at radius 2 is 2.00 bits per heavy atom. The molecule has 5 rings (SSSR count). The van der Waals surface area contributed by atoms with E-state index in [2.05, 4.69) is 50.6 Å². The molecule has 2 aromatic heterocycles. The summed E-state index contributed by atoms with van der Waals surface area (Å²) in [6, 6.07) is 8.46. The molecule has 6 heteroatoms. The zero-order chi connectivity index (χ0) is 19.6. The van der Waals surface area contributed by atoms with Gasteiger partial charge in [-0.2, -0.15) is 0 Å². The third-order valence-electron chi connectivity index (χ3n) is 5.94. The van der Waals surface area contributed by atoms with Crippen molar-refractivity contribution in [3.8, 4) is 0 Å². The maximum atomic E-state index is 4.93. The Hall–Kier alpha value is -2.60. The van der Waals surface area contributed by atoms with Crippen molar-refractivity contribution in [3.63, 3.8) is 0 Å². The van der Waals surface area contributed by atoms with Gasteiger partial charge in [-0.15, -0.1) is 0 Å². The van der Waals surface area contributed by atoms with Crippen molar-refractivity contribution in [2.24, 2.45) is 4.99 Å². The molecule has 6 nitrogen and oxygen atoms in total. The average Bonchev–Trinajstić information content (AvgIpc) is 3.11. The lowest BCUT2D eigenvalue weighted by atomic mass is 10.1. The summed E-state index contributed by atoms with van der Waals surface area (Å²) in [6.45, 7) is 6.91. The molecule has 0 amide bonds. The minimum atomic E-state index is 0.849. The minimum absolute atomic E-state index is 0.849. The summed E-state index contributed by atoms with van der Waals surface area (Å²) < 4.78 is 2.38. The maximum absolute atomic E-state index is 4.93. The van der Waals surface area contributed by atoms with Gasteiger partial charge >= 0.3 is 0 Å². The van der Waals surface area contributed by atoms with E-state index in [1.54, 1.807) is 0 Å². The van der Waals surface area contributed by atoms with E-state index in [0.717, 1.165) is 74.9 Å². The second kappa shape index (κ2) is 8.03. The van der Waals surface area contributed by atoms with Crippen LogP contribution in [0.2, 0.25) is 0 Å². The van der Waals surface area contributed by atoms with Gasteiger partial charge in [0.1, 0.15) is 5.82 Å². The van der Waals surface area contributed by atoms with Crippen molar-refractivity contribution in [3.05, 3.63) is 53.4 Å². The number of hydrogen-bond donors (Lipinski definition) is 0. The van der Waals surface area contributed by atoms with Gasteiger partial charge in [-0.25, -0.2) is 15.0 Å². The molecule has 3 aromatic rings. The lowest BCUT2D eigenvalue weighted by Gasteiger charge is -2.28. The number of para-hydroxylation sites is 2. The highest BCUT2D eigenvalue weighted by atomic mass is 15.2. The third kappa shape index (κ3) is 3.69. The molecule has 0 radical (unpaired) electrons. The Morgan fingerprint density at radius 3 is 2.86 bits per heavy atom. The zero-order valence-electron chi connectivity index (χ0n) is 17.1. The molecule has 0 bridgehead atoms. The van der Waals surface area contributed by atoms with Gasteiger partial charge in [0.2, 0.25) is 0 Å². The van der Waals surface area contributed by atoms with Crippen molar-refractivity contribution >= 4 is 16.7 Å². The number of nitrogens with zero attached hydrogens (tertiary/aromatic N) is 6. The Kier molecular flexibility index (Phi) is 5.10. The van der Waals surface area contributed by atoms with Crippen LogP contribution in [0.5, 0.6) is 0 Å². The van der Waals surface area contributed by atoms with Crippen LogP contribution in [0, 0.1) is 0 Å². The first-order valence-corrected chi connectivity index (χ1v) is 10.9. The van der Waals surface area contributed by atoms with Crippen LogP contribution in [0.1, 0.15) is 55.5 Å². The summed E-state index contributed by atoms with van der Waals surface area (Å²) in [5.41, 5.74) is 5.86. The lowest BCUT2D eigenvalue weighted by Crippen LogP contribution is -2.32. The van der Waals surface area contributed by atoms with E-state index < -0.39 is 0 Å². The van der Waals surface area contributed by atoms with E-state index >= 15 is 0 Å². The molecule has 1 aromatic carbocycles. The molecule has 2 aliphatic heterocycles. The van der Waals surface area contributed by atoms with Crippen LogP contribution < -0.4 is 0 Å². The van der Waals surface area contributed by atoms with Crippen LogP contribution in [0.4, 0.5) is 0 Å². The van der Waals surface area contributed by atoms with Crippen LogP contribution in [0.3, 0.4) is 0 Å². The smallest absolute Gasteiger partial charge is 0.173 e. The number of rotatable bonds is 5. The number of aryl methyl sites for hydroxylation is 1. The van der Waals surface area contributed by atoms with Gasteiger partial charge in [0.25, 0.3) is 0 Å². The second-order valence-corrected chi connectivity index (χ2v) is 8.08. The topological polar surface area (TPSA) is 59.2 Å². The molecule has 0 saturated heterocycles. The maximum Gasteiger partial charge on any atom is 0.173 e. The molecule has 0 spiro atoms. The first kappa shape index (κ1) is 18.4. The molecule has 0 aliphatic carbocycles. The normalized spacial score (nSPS) is 17.3. The number of hydrogen-bond acceptors (Lipinski definition) is 5. The van der Waals surface area contributed by atoms with Crippen LogP contribution in [0.25, 0.3) is 11.0 Å². The molecule has 0 unspecified atom stereocenters. The highest BCUT2D eigenvalue weighted by Gasteiger charge is 2.22. The number of aromatic nitrogens is 4. The minimum Gasteiger partial charge on any atom is -0.327 e. The summed E-state index contributed by atoms with van der Waals surface area (Å²) >= 11 is 0. The fraction of sp³-hybridized carbons (Fsp3) is 0.478. The highest BCUT2D eigenvalue weighted by molar-refractivity contribution is 5.97. The zero-order valence-corrected chi connectivity index (χ0v) is 17.1. The second-order valence-electron chi connectivity index (χ2n) is 8.08. The van der Waals surface area contributed by atoms with Crippen molar-refractivity contribution in [1.29, 1.82) is 0 Å². The van der Waals surface area contributed by atoms with E-state index in [-0.39, 0.29) is 0 Å². The SMILES string of the molecule is CCCn1c(CN2CCc3nc(C4=NCCCC4)ncc3C2)nc2ccccc21. The molecule has 0 atom stereocenters. The first-order chi connectivity index (χ1) is 14.3. The molecule has 0 fully saturated rings. The van der Waals surface area contributed by atoms with E-state index in [9.17, 15) is 0 Å². The van der Waals surface area contributed by atoms with Crippen LogP contribution in [-0.2, 0) is 26.1 Å². The fourth-order valence-electron chi connectivity index (χ4n) is 4.45. The highest BCUT2D eigenvalue weighted by Crippen LogP contribution is 2.22. The van der Waals surface area contributed by atoms with Crippen LogP contribution in [-0.4, -0.2) is 43.2 Å². The number of benzene rings is 1. The Bertz CT molecular complexity index is 1050. The Balaban J connectivity index is 1.36. The predicted octanol–water partition coefficient (Wildman–Crippen LogP) is 3.77.